The molecule has 3 aromatic rings. The first-order valence-corrected chi connectivity index (χ1v) is 9.63. The number of aromatic nitrogens is 4. The first-order valence-electron chi connectivity index (χ1n) is 8.75. The summed E-state index contributed by atoms with van der Waals surface area (Å²) in [5, 5.41) is 15.5. The van der Waals surface area contributed by atoms with Gasteiger partial charge in [0.2, 0.25) is 0 Å². The average Bonchev–Trinajstić information content (AvgIpc) is 3.41. The van der Waals surface area contributed by atoms with E-state index in [1.807, 2.05) is 29.8 Å². The maximum Gasteiger partial charge on any atom is 0.194 e. The van der Waals surface area contributed by atoms with E-state index in [1.54, 1.807) is 11.3 Å². The second-order valence-electron chi connectivity index (χ2n) is 6.55. The van der Waals surface area contributed by atoms with Crippen LogP contribution in [0.2, 0.25) is 0 Å². The summed E-state index contributed by atoms with van der Waals surface area (Å²) in [4.78, 5) is 11.5. The summed E-state index contributed by atoms with van der Waals surface area (Å²) in [6.07, 6.45) is 0.901. The van der Waals surface area contributed by atoms with Crippen molar-refractivity contribution in [2.75, 3.05) is 13.1 Å². The van der Waals surface area contributed by atoms with Gasteiger partial charge in [-0.15, -0.1) is 16.4 Å². The second kappa shape index (κ2) is 6.21. The molecule has 132 valence electrons. The van der Waals surface area contributed by atoms with Gasteiger partial charge in [-0.2, -0.15) is 0 Å². The maximum absolute atomic E-state index is 4.71. The van der Waals surface area contributed by atoms with Crippen LogP contribution in [0.15, 0.2) is 40.7 Å². The Bertz CT molecular complexity index is 959. The molecule has 1 atom stereocenters. The largest absolute Gasteiger partial charge is 0.346 e. The molecule has 1 N–H and O–H groups in total. The van der Waals surface area contributed by atoms with Crippen LogP contribution < -0.4 is 5.32 Å². The van der Waals surface area contributed by atoms with Gasteiger partial charge in [-0.05, 0) is 19.1 Å². The van der Waals surface area contributed by atoms with Crippen molar-refractivity contribution in [2.24, 2.45) is 4.99 Å². The third-order valence-electron chi connectivity index (χ3n) is 4.82. The number of hydrogen-bond acceptors (Lipinski definition) is 7. The fourth-order valence-corrected chi connectivity index (χ4v) is 4.15. The highest BCUT2D eigenvalue weighted by Crippen LogP contribution is 2.24. The summed E-state index contributed by atoms with van der Waals surface area (Å²) < 4.78 is 1.96. The number of benzene rings is 1. The Morgan fingerprint density at radius 3 is 2.92 bits per heavy atom. The van der Waals surface area contributed by atoms with Gasteiger partial charge in [0.25, 0.3) is 0 Å². The van der Waals surface area contributed by atoms with Gasteiger partial charge in [0, 0.05) is 18.3 Å². The van der Waals surface area contributed by atoms with Crippen LogP contribution in [0.5, 0.6) is 0 Å². The summed E-state index contributed by atoms with van der Waals surface area (Å²) in [5.74, 6) is 0.945. The topological polar surface area (TPSA) is 71.2 Å². The number of hydrogen-bond donors (Lipinski definition) is 1. The molecular weight excluding hydrogens is 346 g/mol. The fraction of sp³-hybridized carbons (Fsp3) is 0.333. The quantitative estimate of drug-likeness (QED) is 0.753. The van der Waals surface area contributed by atoms with Gasteiger partial charge >= 0.3 is 0 Å². The molecule has 0 radical (unpaired) electrons. The van der Waals surface area contributed by atoms with Crippen molar-refractivity contribution in [2.45, 2.75) is 25.9 Å². The Balaban J connectivity index is 1.32. The van der Waals surface area contributed by atoms with E-state index in [9.17, 15) is 0 Å². The molecule has 1 aromatic carbocycles. The Morgan fingerprint density at radius 2 is 2.12 bits per heavy atom. The monoisotopic (exact) mass is 365 g/mol. The number of para-hydroxylation sites is 1. The minimum absolute atomic E-state index is 0.177. The molecule has 7 nitrogen and oxygen atoms in total. The van der Waals surface area contributed by atoms with Crippen LogP contribution in [-0.4, -0.2) is 43.9 Å². The van der Waals surface area contributed by atoms with Crippen molar-refractivity contribution < 1.29 is 0 Å². The molecule has 5 rings (SSSR count). The molecule has 0 bridgehead atoms. The third kappa shape index (κ3) is 2.66. The molecule has 1 unspecified atom stereocenters. The van der Waals surface area contributed by atoms with E-state index < -0.39 is 0 Å². The van der Waals surface area contributed by atoms with E-state index in [-0.39, 0.29) is 6.04 Å². The number of nitrogens with one attached hydrogen (secondary N) is 1. The van der Waals surface area contributed by atoms with Gasteiger partial charge in [-0.3, -0.25) is 4.99 Å². The minimum atomic E-state index is 0.177. The van der Waals surface area contributed by atoms with Crippen molar-refractivity contribution in [1.29, 1.82) is 0 Å². The van der Waals surface area contributed by atoms with E-state index in [1.165, 1.54) is 5.69 Å². The Hall–Kier alpha value is -2.74. The van der Waals surface area contributed by atoms with Crippen LogP contribution >= 0.6 is 11.3 Å². The molecule has 2 aromatic heterocycles. The molecule has 4 heterocycles. The van der Waals surface area contributed by atoms with Crippen molar-refractivity contribution >= 4 is 17.3 Å². The lowest BCUT2D eigenvalue weighted by atomic mass is 10.1. The predicted octanol–water partition coefficient (Wildman–Crippen LogP) is 2.09. The van der Waals surface area contributed by atoms with Crippen molar-refractivity contribution in [3.05, 3.63) is 57.8 Å². The Labute approximate surface area is 155 Å². The molecule has 0 amide bonds. The van der Waals surface area contributed by atoms with Crippen LogP contribution in [0, 0.1) is 6.92 Å². The van der Waals surface area contributed by atoms with E-state index >= 15 is 0 Å². The van der Waals surface area contributed by atoms with Crippen molar-refractivity contribution in [3.63, 3.8) is 0 Å². The number of thiazole rings is 1. The summed E-state index contributed by atoms with van der Waals surface area (Å²) in [5.41, 5.74) is 4.36. The number of nitrogens with zero attached hydrogens (tertiary/aromatic N) is 6. The highest BCUT2D eigenvalue weighted by molar-refractivity contribution is 7.09. The van der Waals surface area contributed by atoms with Gasteiger partial charge in [-0.1, -0.05) is 23.4 Å². The number of rotatable bonds is 2. The fourth-order valence-electron chi connectivity index (χ4n) is 3.49. The van der Waals surface area contributed by atoms with Crippen LogP contribution in [-0.2, 0) is 13.0 Å². The molecule has 0 spiro atoms. The molecule has 8 heteroatoms. The summed E-state index contributed by atoms with van der Waals surface area (Å²) >= 11 is 1.68. The molecule has 0 aliphatic carbocycles. The van der Waals surface area contributed by atoms with Crippen LogP contribution in [0.4, 0.5) is 0 Å². The van der Waals surface area contributed by atoms with Crippen molar-refractivity contribution in [1.82, 2.24) is 30.2 Å². The van der Waals surface area contributed by atoms with Gasteiger partial charge in [0.15, 0.2) is 5.96 Å². The van der Waals surface area contributed by atoms with Gasteiger partial charge in [-0.25, -0.2) is 9.67 Å². The zero-order valence-corrected chi connectivity index (χ0v) is 15.3. The maximum atomic E-state index is 4.71. The molecule has 2 aliphatic heterocycles. The summed E-state index contributed by atoms with van der Waals surface area (Å²) in [6.45, 7) is 4.41. The van der Waals surface area contributed by atoms with Crippen LogP contribution in [0.3, 0.4) is 0 Å². The zero-order chi connectivity index (χ0) is 17.5. The first kappa shape index (κ1) is 15.5. The number of guanidine groups is 1. The normalized spacial score (nSPS) is 19.2. The number of aryl methyl sites for hydroxylation is 1. The standard InChI is InChI=1S/C18H19N7S/c1-12-20-16(11-26-12)14-9-19-18(21-14)24-8-7-17-15(10-24)22-23-25(17)13-5-3-2-4-6-13/h2-6,11,14H,7-10H2,1H3,(H,19,21). The van der Waals surface area contributed by atoms with E-state index in [0.29, 0.717) is 0 Å². The molecule has 0 fully saturated rings. The van der Waals surface area contributed by atoms with Crippen LogP contribution in [0.1, 0.15) is 28.1 Å². The predicted molar refractivity (Wildman–Crippen MR) is 101 cm³/mol. The molecule has 0 saturated carbocycles. The average molecular weight is 365 g/mol. The summed E-state index contributed by atoms with van der Waals surface area (Å²) in [6, 6.07) is 10.4. The number of fused-ring (bicyclic) bond motifs is 1. The van der Waals surface area contributed by atoms with Gasteiger partial charge < -0.3 is 10.2 Å². The third-order valence-corrected chi connectivity index (χ3v) is 5.62. The Kier molecular flexibility index (Phi) is 3.70. The molecule has 26 heavy (non-hydrogen) atoms. The lowest BCUT2D eigenvalue weighted by Crippen LogP contribution is -2.42. The molecular formula is C18H19N7S. The van der Waals surface area contributed by atoms with Crippen LogP contribution in [0.25, 0.3) is 5.69 Å². The van der Waals surface area contributed by atoms with Gasteiger partial charge in [0.1, 0.15) is 5.69 Å². The van der Waals surface area contributed by atoms with Crippen molar-refractivity contribution in [3.8, 4) is 5.69 Å². The smallest absolute Gasteiger partial charge is 0.194 e. The van der Waals surface area contributed by atoms with E-state index in [0.717, 1.165) is 54.1 Å². The Morgan fingerprint density at radius 1 is 1.23 bits per heavy atom. The SMILES string of the molecule is Cc1nc(C2CN=C(N3CCc4c(nnn4-c4ccccc4)C3)N2)cs1. The van der Waals surface area contributed by atoms with Gasteiger partial charge in [0.05, 0.1) is 41.2 Å². The van der Waals surface area contributed by atoms with E-state index in [4.69, 9.17) is 4.99 Å². The lowest BCUT2D eigenvalue weighted by molar-refractivity contribution is 0.373. The lowest BCUT2D eigenvalue weighted by Gasteiger charge is -2.28. The molecule has 2 aliphatic rings. The highest BCUT2D eigenvalue weighted by atomic mass is 32.1. The zero-order valence-electron chi connectivity index (χ0n) is 14.5. The minimum Gasteiger partial charge on any atom is -0.346 e. The second-order valence-corrected chi connectivity index (χ2v) is 7.62. The van der Waals surface area contributed by atoms with E-state index in [2.05, 4.69) is 43.0 Å². The highest BCUT2D eigenvalue weighted by Gasteiger charge is 2.29. The number of aliphatic imine (C=N–C) groups is 1. The molecule has 0 saturated heterocycles. The first-order chi connectivity index (χ1) is 12.8. The summed E-state index contributed by atoms with van der Waals surface area (Å²) in [7, 11) is 0.